The molecule has 0 aromatic heterocycles. The van der Waals surface area contributed by atoms with Crippen LogP contribution < -0.4 is 5.73 Å². The fraction of sp³-hybridized carbons (Fsp3) is 0.949. The molecule has 10 heteroatoms. The second kappa shape index (κ2) is 74.8. The number of phosphoric acid groups is 1. The number of esters is 2. The van der Waals surface area contributed by atoms with Crippen LogP contribution in [0.5, 0.6) is 0 Å². The van der Waals surface area contributed by atoms with E-state index < -0.39 is 26.5 Å². The molecule has 2 atom stereocenters. The van der Waals surface area contributed by atoms with Crippen LogP contribution in [0.2, 0.25) is 0 Å². The van der Waals surface area contributed by atoms with Gasteiger partial charge in [0.2, 0.25) is 0 Å². The zero-order valence-electron chi connectivity index (χ0n) is 59.3. The molecule has 0 fully saturated rings. The maximum Gasteiger partial charge on any atom is 0.472 e. The summed E-state index contributed by atoms with van der Waals surface area (Å²) in [5.74, 6) is -0.799. The molecule has 0 aromatic rings. The summed E-state index contributed by atoms with van der Waals surface area (Å²) in [7, 11) is -4.39. The lowest BCUT2D eigenvalue weighted by atomic mass is 10.0. The molecular weight excluding hydrogens is 1110 g/mol. The molecule has 0 aliphatic carbocycles. The molecule has 88 heavy (non-hydrogen) atoms. The van der Waals surface area contributed by atoms with Gasteiger partial charge in [0.25, 0.3) is 0 Å². The molecule has 0 aliphatic heterocycles. The minimum atomic E-state index is -4.39. The second-order valence-corrected chi connectivity index (χ2v) is 28.8. The van der Waals surface area contributed by atoms with E-state index in [0.717, 1.165) is 32.1 Å². The first-order valence-corrected chi connectivity index (χ1v) is 41.2. The topological polar surface area (TPSA) is 134 Å². The fourth-order valence-corrected chi connectivity index (χ4v) is 13.3. The van der Waals surface area contributed by atoms with Crippen molar-refractivity contribution >= 4 is 19.8 Å². The van der Waals surface area contributed by atoms with E-state index in [1.54, 1.807) is 0 Å². The summed E-state index contributed by atoms with van der Waals surface area (Å²) in [5, 5.41) is 0. The van der Waals surface area contributed by atoms with Crippen molar-refractivity contribution in [1.82, 2.24) is 0 Å². The van der Waals surface area contributed by atoms with Crippen LogP contribution in [-0.4, -0.2) is 49.3 Å². The standard InChI is InChI=1S/C78H154NO8P/c1-3-5-7-9-11-13-15-17-19-21-23-25-27-29-31-32-33-34-35-36-37-38-39-40-41-42-43-45-46-48-50-52-54-56-58-60-62-64-66-68-70-77(80)84-74-76(75-86-88(82,83)85-73-72-79)87-78(81)71-69-67-65-63-61-59-57-55-53-51-49-47-44-30-28-26-24-22-20-18-16-14-12-10-8-6-4-2/h22,24,76H,3-21,23,25-75,79H2,1-2H3,(H,82,83)/b24-22-. The highest BCUT2D eigenvalue weighted by atomic mass is 31.2. The van der Waals surface area contributed by atoms with Crippen LogP contribution in [0.3, 0.4) is 0 Å². The highest BCUT2D eigenvalue weighted by Gasteiger charge is 2.26. The average Bonchev–Trinajstić information content (AvgIpc) is 3.62. The second-order valence-electron chi connectivity index (χ2n) is 27.3. The van der Waals surface area contributed by atoms with Crippen molar-refractivity contribution < 1.29 is 37.6 Å². The number of hydrogen-bond donors (Lipinski definition) is 2. The molecule has 3 N–H and O–H groups in total. The molecule has 0 spiro atoms. The Hall–Kier alpha value is -1.25. The summed E-state index contributed by atoms with van der Waals surface area (Å²) < 4.78 is 33.3. The molecule has 0 rings (SSSR count). The number of unbranched alkanes of at least 4 members (excludes halogenated alkanes) is 62. The predicted molar refractivity (Wildman–Crippen MR) is 381 cm³/mol. The van der Waals surface area contributed by atoms with Crippen molar-refractivity contribution in [2.45, 2.75) is 450 Å². The van der Waals surface area contributed by atoms with E-state index in [2.05, 4.69) is 26.0 Å². The van der Waals surface area contributed by atoms with Crippen LogP contribution in [0.25, 0.3) is 0 Å². The van der Waals surface area contributed by atoms with E-state index in [9.17, 15) is 19.0 Å². The number of ether oxygens (including phenoxy) is 2. The Labute approximate surface area is 549 Å². The Bertz CT molecular complexity index is 1450. The number of nitrogens with two attached hydrogens (primary N) is 1. The lowest BCUT2D eigenvalue weighted by Gasteiger charge is -2.19. The van der Waals surface area contributed by atoms with Gasteiger partial charge in [0, 0.05) is 19.4 Å². The monoisotopic (exact) mass is 1260 g/mol. The SMILES string of the molecule is CCCCCCCCCC/C=C\CCCCCCCCCCCCCCCCCC(=O)OC(COC(=O)CCCCCCCCCCCCCCCCCCCCCCCCCCCCCCCCCCCCCCCCCC)COP(=O)(O)OCCN. The van der Waals surface area contributed by atoms with Crippen LogP contribution in [0, 0.1) is 0 Å². The highest BCUT2D eigenvalue weighted by Crippen LogP contribution is 2.43. The maximum absolute atomic E-state index is 12.8. The molecule has 0 bridgehead atoms. The van der Waals surface area contributed by atoms with Crippen molar-refractivity contribution in [3.8, 4) is 0 Å². The zero-order chi connectivity index (χ0) is 63.7. The molecule has 0 aliphatic rings. The average molecular weight is 1270 g/mol. The minimum Gasteiger partial charge on any atom is -0.462 e. The first-order valence-electron chi connectivity index (χ1n) is 39.7. The number of hydrogen-bond acceptors (Lipinski definition) is 8. The highest BCUT2D eigenvalue weighted by molar-refractivity contribution is 7.47. The van der Waals surface area contributed by atoms with Crippen molar-refractivity contribution in [3.63, 3.8) is 0 Å². The summed E-state index contributed by atoms with van der Waals surface area (Å²) in [6, 6.07) is 0. The molecule has 0 amide bonds. The van der Waals surface area contributed by atoms with E-state index in [0.29, 0.717) is 6.42 Å². The summed E-state index contributed by atoms with van der Waals surface area (Å²) in [5.41, 5.74) is 5.41. The number of allylic oxidation sites excluding steroid dienone is 2. The predicted octanol–water partition coefficient (Wildman–Crippen LogP) is 26.3. The van der Waals surface area contributed by atoms with Crippen LogP contribution in [0.15, 0.2) is 12.2 Å². The van der Waals surface area contributed by atoms with Gasteiger partial charge in [0.1, 0.15) is 6.61 Å². The summed E-state index contributed by atoms with van der Waals surface area (Å²) in [4.78, 5) is 35.4. The van der Waals surface area contributed by atoms with Crippen LogP contribution in [0.1, 0.15) is 444 Å². The molecule has 0 saturated heterocycles. The smallest absolute Gasteiger partial charge is 0.462 e. The van der Waals surface area contributed by atoms with Gasteiger partial charge in [-0.2, -0.15) is 0 Å². The molecule has 0 heterocycles. The summed E-state index contributed by atoms with van der Waals surface area (Å²) >= 11 is 0. The summed E-state index contributed by atoms with van der Waals surface area (Å²) in [6.45, 7) is 3.84. The van der Waals surface area contributed by atoms with Crippen molar-refractivity contribution in [2.75, 3.05) is 26.4 Å². The summed E-state index contributed by atoms with van der Waals surface area (Å²) in [6.07, 6.45) is 92.2. The van der Waals surface area contributed by atoms with Gasteiger partial charge in [-0.05, 0) is 38.5 Å². The van der Waals surface area contributed by atoms with E-state index in [-0.39, 0.29) is 38.6 Å². The number of carbonyl (C=O) groups is 2. The first kappa shape index (κ1) is 86.8. The van der Waals surface area contributed by atoms with Gasteiger partial charge in [0.15, 0.2) is 6.10 Å². The lowest BCUT2D eigenvalue weighted by molar-refractivity contribution is -0.161. The van der Waals surface area contributed by atoms with Crippen molar-refractivity contribution in [1.29, 1.82) is 0 Å². The van der Waals surface area contributed by atoms with Gasteiger partial charge in [-0.15, -0.1) is 0 Å². The maximum atomic E-state index is 12.8. The Morgan fingerprint density at radius 3 is 0.807 bits per heavy atom. The molecule has 2 unspecified atom stereocenters. The molecule has 9 nitrogen and oxygen atoms in total. The number of phosphoric ester groups is 1. The largest absolute Gasteiger partial charge is 0.472 e. The minimum absolute atomic E-state index is 0.0576. The third-order valence-electron chi connectivity index (χ3n) is 18.4. The number of carbonyl (C=O) groups excluding carboxylic acids is 2. The third-order valence-corrected chi connectivity index (χ3v) is 19.4. The Morgan fingerprint density at radius 2 is 0.557 bits per heavy atom. The normalized spacial score (nSPS) is 12.8. The van der Waals surface area contributed by atoms with Gasteiger partial charge >= 0.3 is 19.8 Å². The fourth-order valence-electron chi connectivity index (χ4n) is 12.5. The van der Waals surface area contributed by atoms with Crippen molar-refractivity contribution in [2.24, 2.45) is 5.73 Å². The van der Waals surface area contributed by atoms with Gasteiger partial charge in [-0.1, -0.05) is 405 Å². The molecule has 0 saturated carbocycles. The van der Waals surface area contributed by atoms with Gasteiger partial charge in [-0.25, -0.2) is 4.57 Å². The Balaban J connectivity index is 3.71. The molecule has 0 aromatic carbocycles. The van der Waals surface area contributed by atoms with E-state index >= 15 is 0 Å². The van der Waals surface area contributed by atoms with E-state index in [4.69, 9.17) is 24.3 Å². The molecular formula is C78H154NO8P. The van der Waals surface area contributed by atoms with Crippen LogP contribution in [0.4, 0.5) is 0 Å². The van der Waals surface area contributed by atoms with Gasteiger partial charge < -0.3 is 20.1 Å². The quantitative estimate of drug-likeness (QED) is 0.0264. The van der Waals surface area contributed by atoms with E-state index in [1.807, 2.05) is 0 Å². The number of rotatable bonds is 77. The lowest BCUT2D eigenvalue weighted by Crippen LogP contribution is -2.29. The Morgan fingerprint density at radius 1 is 0.330 bits per heavy atom. The van der Waals surface area contributed by atoms with E-state index in [1.165, 1.54) is 379 Å². The molecule has 524 valence electrons. The zero-order valence-corrected chi connectivity index (χ0v) is 60.2. The van der Waals surface area contributed by atoms with Gasteiger partial charge in [-0.3, -0.25) is 18.6 Å². The van der Waals surface area contributed by atoms with Gasteiger partial charge in [0.05, 0.1) is 13.2 Å². The van der Waals surface area contributed by atoms with Crippen LogP contribution in [-0.2, 0) is 32.7 Å². The van der Waals surface area contributed by atoms with Crippen molar-refractivity contribution in [3.05, 3.63) is 12.2 Å². The third kappa shape index (κ3) is 73.8. The Kier molecular flexibility index (Phi) is 73.7. The molecule has 0 radical (unpaired) electrons. The van der Waals surface area contributed by atoms with Crippen LogP contribution >= 0.6 is 7.82 Å². The first-order chi connectivity index (χ1) is 43.3.